The smallest absolute Gasteiger partial charge is 0.266 e. The topological polar surface area (TPSA) is 57.8 Å². The van der Waals surface area contributed by atoms with E-state index >= 15 is 0 Å². The van der Waals surface area contributed by atoms with Gasteiger partial charge in [-0.15, -0.1) is 0 Å². The summed E-state index contributed by atoms with van der Waals surface area (Å²) in [5, 5.41) is 12.3. The maximum atomic E-state index is 12.6. The van der Waals surface area contributed by atoms with Gasteiger partial charge in [-0.25, -0.2) is 0 Å². The molecule has 3 rings (SSSR count). The fourth-order valence-corrected chi connectivity index (χ4v) is 3.05. The SMILES string of the molecule is Cc1ccc(NC(=O)/C(C#N)=C/c2cccn2-c2ccc(Br)cc2)c(C)c1. The zero-order valence-corrected chi connectivity index (χ0v) is 16.6. The van der Waals surface area contributed by atoms with Gasteiger partial charge in [0.15, 0.2) is 0 Å². The third-order valence-corrected chi connectivity index (χ3v) is 4.70. The number of anilines is 1. The van der Waals surface area contributed by atoms with Crippen molar-refractivity contribution < 1.29 is 4.79 Å². The lowest BCUT2D eigenvalue weighted by molar-refractivity contribution is -0.112. The van der Waals surface area contributed by atoms with Crippen LogP contribution in [0.5, 0.6) is 0 Å². The quantitative estimate of drug-likeness (QED) is 0.454. The number of rotatable bonds is 4. The van der Waals surface area contributed by atoms with Gasteiger partial charge in [0.05, 0.1) is 0 Å². The second-order valence-corrected chi connectivity index (χ2v) is 7.14. The summed E-state index contributed by atoms with van der Waals surface area (Å²) >= 11 is 3.42. The Morgan fingerprint density at radius 3 is 2.56 bits per heavy atom. The second-order valence-electron chi connectivity index (χ2n) is 6.22. The highest BCUT2D eigenvalue weighted by Gasteiger charge is 2.12. The highest BCUT2D eigenvalue weighted by Crippen LogP contribution is 2.20. The molecule has 5 heteroatoms. The first-order chi connectivity index (χ1) is 13.0. The van der Waals surface area contributed by atoms with Gasteiger partial charge in [-0.3, -0.25) is 4.79 Å². The van der Waals surface area contributed by atoms with Crippen molar-refractivity contribution in [3.8, 4) is 11.8 Å². The summed E-state index contributed by atoms with van der Waals surface area (Å²) in [6, 6.07) is 19.3. The molecule has 0 atom stereocenters. The molecule has 27 heavy (non-hydrogen) atoms. The van der Waals surface area contributed by atoms with Gasteiger partial charge in [-0.2, -0.15) is 5.26 Å². The van der Waals surface area contributed by atoms with E-state index in [4.69, 9.17) is 0 Å². The summed E-state index contributed by atoms with van der Waals surface area (Å²) < 4.78 is 2.91. The van der Waals surface area contributed by atoms with Crippen molar-refractivity contribution in [3.05, 3.63) is 87.7 Å². The molecule has 3 aromatic rings. The van der Waals surface area contributed by atoms with Crippen LogP contribution in [0.2, 0.25) is 0 Å². The van der Waals surface area contributed by atoms with Crippen LogP contribution >= 0.6 is 15.9 Å². The van der Waals surface area contributed by atoms with Crippen LogP contribution in [-0.2, 0) is 4.79 Å². The molecule has 0 saturated heterocycles. The standard InChI is InChI=1S/C22H18BrN3O/c1-15-5-10-21(16(2)12-15)25-22(27)17(14-24)13-20-4-3-11-26(20)19-8-6-18(23)7-9-19/h3-13H,1-2H3,(H,25,27)/b17-13+. The Balaban J connectivity index is 1.89. The van der Waals surface area contributed by atoms with E-state index in [9.17, 15) is 10.1 Å². The molecule has 1 aromatic heterocycles. The molecular weight excluding hydrogens is 402 g/mol. The Labute approximate surface area is 166 Å². The van der Waals surface area contributed by atoms with E-state index in [1.807, 2.05) is 85.3 Å². The van der Waals surface area contributed by atoms with Crippen LogP contribution in [0.4, 0.5) is 5.69 Å². The van der Waals surface area contributed by atoms with Gasteiger partial charge in [0.25, 0.3) is 5.91 Å². The predicted octanol–water partition coefficient (Wildman–Crippen LogP) is 5.40. The Kier molecular flexibility index (Phi) is 5.58. The number of nitriles is 1. The highest BCUT2D eigenvalue weighted by molar-refractivity contribution is 9.10. The monoisotopic (exact) mass is 419 g/mol. The zero-order valence-electron chi connectivity index (χ0n) is 15.0. The number of carbonyl (C=O) groups is 1. The third-order valence-electron chi connectivity index (χ3n) is 4.17. The summed E-state index contributed by atoms with van der Waals surface area (Å²) in [7, 11) is 0. The minimum Gasteiger partial charge on any atom is -0.321 e. The molecular formula is C22H18BrN3O. The fourth-order valence-electron chi connectivity index (χ4n) is 2.79. The molecule has 2 aromatic carbocycles. The molecule has 0 aliphatic carbocycles. The predicted molar refractivity (Wildman–Crippen MR) is 112 cm³/mol. The molecule has 0 fully saturated rings. The molecule has 0 bridgehead atoms. The lowest BCUT2D eigenvalue weighted by Crippen LogP contribution is -2.14. The molecule has 0 unspecified atom stereocenters. The van der Waals surface area contributed by atoms with Crippen molar-refractivity contribution in [2.24, 2.45) is 0 Å². The first-order valence-corrected chi connectivity index (χ1v) is 9.21. The highest BCUT2D eigenvalue weighted by atomic mass is 79.9. The van der Waals surface area contributed by atoms with Gasteiger partial charge in [0.1, 0.15) is 11.6 Å². The Morgan fingerprint density at radius 2 is 1.89 bits per heavy atom. The van der Waals surface area contributed by atoms with Gasteiger partial charge in [0, 0.05) is 27.7 Å². The number of nitrogens with zero attached hydrogens (tertiary/aromatic N) is 2. The van der Waals surface area contributed by atoms with Crippen molar-refractivity contribution in [2.45, 2.75) is 13.8 Å². The summed E-state index contributed by atoms with van der Waals surface area (Å²) in [6.45, 7) is 3.92. The van der Waals surface area contributed by atoms with E-state index in [0.717, 1.165) is 27.0 Å². The average molecular weight is 420 g/mol. The number of hydrogen-bond donors (Lipinski definition) is 1. The zero-order chi connectivity index (χ0) is 19.4. The van der Waals surface area contributed by atoms with Crippen molar-refractivity contribution >= 4 is 33.6 Å². The number of amides is 1. The molecule has 0 aliphatic rings. The van der Waals surface area contributed by atoms with Crippen molar-refractivity contribution in [3.63, 3.8) is 0 Å². The molecule has 4 nitrogen and oxygen atoms in total. The first kappa shape index (κ1) is 18.7. The lowest BCUT2D eigenvalue weighted by Gasteiger charge is -2.10. The first-order valence-electron chi connectivity index (χ1n) is 8.41. The van der Waals surface area contributed by atoms with Gasteiger partial charge >= 0.3 is 0 Å². The van der Waals surface area contributed by atoms with Crippen LogP contribution in [0.15, 0.2) is 70.8 Å². The van der Waals surface area contributed by atoms with E-state index in [1.54, 1.807) is 6.08 Å². The molecule has 0 spiro atoms. The van der Waals surface area contributed by atoms with Gasteiger partial charge in [0.2, 0.25) is 0 Å². The van der Waals surface area contributed by atoms with Crippen LogP contribution in [0.25, 0.3) is 11.8 Å². The number of carbonyl (C=O) groups excluding carboxylic acids is 1. The normalized spacial score (nSPS) is 11.1. The second kappa shape index (κ2) is 8.07. The fraction of sp³-hybridized carbons (Fsp3) is 0.0909. The van der Waals surface area contributed by atoms with E-state index in [2.05, 4.69) is 21.2 Å². The van der Waals surface area contributed by atoms with Crippen LogP contribution in [0.1, 0.15) is 16.8 Å². The van der Waals surface area contributed by atoms with Crippen molar-refractivity contribution in [2.75, 3.05) is 5.32 Å². The third kappa shape index (κ3) is 4.36. The van der Waals surface area contributed by atoms with Crippen molar-refractivity contribution in [1.29, 1.82) is 5.26 Å². The Hall–Kier alpha value is -3.10. The number of halogens is 1. The Morgan fingerprint density at radius 1 is 1.15 bits per heavy atom. The summed E-state index contributed by atoms with van der Waals surface area (Å²) in [6.07, 6.45) is 3.49. The average Bonchev–Trinajstić information content (AvgIpc) is 3.10. The molecule has 1 heterocycles. The van der Waals surface area contributed by atoms with Gasteiger partial charge < -0.3 is 9.88 Å². The van der Waals surface area contributed by atoms with E-state index in [1.165, 1.54) is 0 Å². The summed E-state index contributed by atoms with van der Waals surface area (Å²) in [5.41, 5.74) is 4.53. The number of nitrogens with one attached hydrogen (secondary N) is 1. The molecule has 0 saturated carbocycles. The molecule has 1 amide bonds. The lowest BCUT2D eigenvalue weighted by atomic mass is 10.1. The van der Waals surface area contributed by atoms with Gasteiger partial charge in [-0.1, -0.05) is 33.6 Å². The van der Waals surface area contributed by atoms with Crippen molar-refractivity contribution in [1.82, 2.24) is 4.57 Å². The van der Waals surface area contributed by atoms with Crippen LogP contribution < -0.4 is 5.32 Å². The van der Waals surface area contributed by atoms with Crippen LogP contribution in [0.3, 0.4) is 0 Å². The number of aromatic nitrogens is 1. The maximum absolute atomic E-state index is 12.6. The van der Waals surface area contributed by atoms with Crippen LogP contribution in [0, 0.1) is 25.2 Å². The number of aryl methyl sites for hydroxylation is 2. The Bertz CT molecular complexity index is 1060. The maximum Gasteiger partial charge on any atom is 0.266 e. The number of benzene rings is 2. The minimum absolute atomic E-state index is 0.0482. The van der Waals surface area contributed by atoms with E-state index in [0.29, 0.717) is 5.69 Å². The summed E-state index contributed by atoms with van der Waals surface area (Å²) in [4.78, 5) is 12.6. The van der Waals surface area contributed by atoms with Crippen LogP contribution in [-0.4, -0.2) is 10.5 Å². The van der Waals surface area contributed by atoms with Gasteiger partial charge in [-0.05, 0) is 68.0 Å². The minimum atomic E-state index is -0.423. The number of hydrogen-bond acceptors (Lipinski definition) is 2. The summed E-state index contributed by atoms with van der Waals surface area (Å²) in [5.74, 6) is -0.423. The van der Waals surface area contributed by atoms with E-state index in [-0.39, 0.29) is 5.57 Å². The molecule has 0 radical (unpaired) electrons. The molecule has 1 N–H and O–H groups in total. The molecule has 134 valence electrons. The largest absolute Gasteiger partial charge is 0.321 e. The van der Waals surface area contributed by atoms with E-state index < -0.39 is 5.91 Å². The molecule has 0 aliphatic heterocycles.